The van der Waals surface area contributed by atoms with Crippen LogP contribution in [0.1, 0.15) is 12.5 Å². The highest BCUT2D eigenvalue weighted by atomic mass is 19.1. The Kier molecular flexibility index (Phi) is 3.62. The first-order chi connectivity index (χ1) is 9.01. The number of ether oxygens (including phenoxy) is 1. The van der Waals surface area contributed by atoms with Crippen LogP contribution >= 0.6 is 0 Å². The lowest BCUT2D eigenvalue weighted by Gasteiger charge is -2.22. The number of nitrogens with two attached hydrogens (primary N) is 1. The van der Waals surface area contributed by atoms with Crippen LogP contribution in [0, 0.1) is 5.82 Å². The maximum absolute atomic E-state index is 13.4. The summed E-state index contributed by atoms with van der Waals surface area (Å²) in [6, 6.07) is 14.5. The molecule has 0 saturated carbocycles. The molecule has 19 heavy (non-hydrogen) atoms. The smallest absolute Gasteiger partial charge is 0.335 e. The van der Waals surface area contributed by atoms with Crippen molar-refractivity contribution in [2.75, 3.05) is 0 Å². The molecule has 0 aromatic heterocycles. The van der Waals surface area contributed by atoms with Crippen molar-refractivity contribution in [3.63, 3.8) is 0 Å². The van der Waals surface area contributed by atoms with Crippen LogP contribution in [0.2, 0.25) is 0 Å². The van der Waals surface area contributed by atoms with Crippen molar-refractivity contribution in [1.82, 2.24) is 0 Å². The summed E-state index contributed by atoms with van der Waals surface area (Å²) in [7, 11) is 0. The number of hydrogen-bond donors (Lipinski definition) is 1. The van der Waals surface area contributed by atoms with Gasteiger partial charge < -0.3 is 10.5 Å². The number of para-hydroxylation sites is 1. The van der Waals surface area contributed by atoms with Crippen LogP contribution in [-0.4, -0.2) is 5.97 Å². The van der Waals surface area contributed by atoms with E-state index >= 15 is 0 Å². The van der Waals surface area contributed by atoms with Crippen LogP contribution in [0.4, 0.5) is 4.39 Å². The zero-order valence-corrected chi connectivity index (χ0v) is 10.5. The van der Waals surface area contributed by atoms with E-state index in [-0.39, 0.29) is 5.75 Å². The summed E-state index contributed by atoms with van der Waals surface area (Å²) >= 11 is 0. The van der Waals surface area contributed by atoms with Crippen molar-refractivity contribution < 1.29 is 13.9 Å². The van der Waals surface area contributed by atoms with Gasteiger partial charge in [-0.05, 0) is 24.6 Å². The predicted octanol–water partition coefficient (Wildman–Crippen LogP) is 2.61. The maximum Gasteiger partial charge on any atom is 0.335 e. The van der Waals surface area contributed by atoms with Crippen molar-refractivity contribution in [2.45, 2.75) is 12.5 Å². The molecule has 0 aliphatic rings. The minimum atomic E-state index is -1.33. The molecule has 2 N–H and O–H groups in total. The Labute approximate surface area is 110 Å². The van der Waals surface area contributed by atoms with Gasteiger partial charge in [0.25, 0.3) is 0 Å². The minimum absolute atomic E-state index is 0.125. The molecule has 3 nitrogen and oxygen atoms in total. The van der Waals surface area contributed by atoms with Gasteiger partial charge in [-0.3, -0.25) is 0 Å². The highest BCUT2D eigenvalue weighted by Crippen LogP contribution is 2.22. The van der Waals surface area contributed by atoms with E-state index in [0.29, 0.717) is 5.56 Å². The fraction of sp³-hybridized carbons (Fsp3) is 0.133. The van der Waals surface area contributed by atoms with Crippen LogP contribution in [0.25, 0.3) is 0 Å². The van der Waals surface area contributed by atoms with Gasteiger partial charge in [0.05, 0.1) is 0 Å². The van der Waals surface area contributed by atoms with Gasteiger partial charge in [0.1, 0.15) is 5.54 Å². The molecule has 2 aromatic rings. The highest BCUT2D eigenvalue weighted by Gasteiger charge is 2.33. The Morgan fingerprint density at radius 2 is 1.68 bits per heavy atom. The van der Waals surface area contributed by atoms with Gasteiger partial charge in [-0.2, -0.15) is 0 Å². The van der Waals surface area contributed by atoms with Gasteiger partial charge in [0, 0.05) is 0 Å². The average molecular weight is 259 g/mol. The molecule has 0 aliphatic carbocycles. The van der Waals surface area contributed by atoms with Gasteiger partial charge >= 0.3 is 5.97 Å². The molecule has 0 bridgehead atoms. The molecular formula is C15H14FNO2. The van der Waals surface area contributed by atoms with Crippen molar-refractivity contribution in [3.8, 4) is 5.75 Å². The quantitative estimate of drug-likeness (QED) is 0.681. The fourth-order valence-corrected chi connectivity index (χ4v) is 1.64. The number of halogens is 1. The third-order valence-corrected chi connectivity index (χ3v) is 2.84. The Bertz CT molecular complexity index is 582. The van der Waals surface area contributed by atoms with Crippen molar-refractivity contribution >= 4 is 5.97 Å². The first-order valence-corrected chi connectivity index (χ1v) is 5.83. The molecule has 2 aromatic carbocycles. The van der Waals surface area contributed by atoms with E-state index in [1.54, 1.807) is 30.3 Å². The van der Waals surface area contributed by atoms with E-state index in [0.717, 1.165) is 0 Å². The molecule has 4 heteroatoms. The normalized spacial score (nSPS) is 13.6. The summed E-state index contributed by atoms with van der Waals surface area (Å²) in [5, 5.41) is 0. The molecule has 0 spiro atoms. The van der Waals surface area contributed by atoms with Gasteiger partial charge in [0.15, 0.2) is 11.6 Å². The van der Waals surface area contributed by atoms with E-state index < -0.39 is 17.3 Å². The zero-order chi connectivity index (χ0) is 13.9. The summed E-state index contributed by atoms with van der Waals surface area (Å²) in [5.74, 6) is -1.43. The minimum Gasteiger partial charge on any atom is -0.422 e. The molecule has 1 atom stereocenters. The summed E-state index contributed by atoms with van der Waals surface area (Å²) in [5.41, 5.74) is 5.26. The lowest BCUT2D eigenvalue weighted by atomic mass is 9.93. The summed E-state index contributed by atoms with van der Waals surface area (Å²) in [6.07, 6.45) is 0. The first-order valence-electron chi connectivity index (χ1n) is 5.83. The van der Waals surface area contributed by atoms with E-state index in [1.807, 2.05) is 6.07 Å². The summed E-state index contributed by atoms with van der Waals surface area (Å²) in [4.78, 5) is 12.1. The number of carbonyl (C=O) groups is 1. The topological polar surface area (TPSA) is 52.3 Å². The molecule has 98 valence electrons. The molecule has 0 radical (unpaired) electrons. The molecule has 1 unspecified atom stereocenters. The Morgan fingerprint density at radius 1 is 1.11 bits per heavy atom. The number of rotatable bonds is 3. The second kappa shape index (κ2) is 5.20. The second-order valence-corrected chi connectivity index (χ2v) is 4.39. The highest BCUT2D eigenvalue weighted by molar-refractivity contribution is 5.83. The van der Waals surface area contributed by atoms with Gasteiger partial charge in [-0.25, -0.2) is 9.18 Å². The third-order valence-electron chi connectivity index (χ3n) is 2.84. The van der Waals surface area contributed by atoms with Gasteiger partial charge in [-0.15, -0.1) is 0 Å². The molecule has 0 aliphatic heterocycles. The average Bonchev–Trinajstić information content (AvgIpc) is 2.42. The lowest BCUT2D eigenvalue weighted by Crippen LogP contribution is -2.44. The molecule has 0 heterocycles. The van der Waals surface area contributed by atoms with Gasteiger partial charge in [-0.1, -0.05) is 42.5 Å². The Morgan fingerprint density at radius 3 is 2.32 bits per heavy atom. The molecule has 0 amide bonds. The Balaban J connectivity index is 2.23. The second-order valence-electron chi connectivity index (χ2n) is 4.39. The van der Waals surface area contributed by atoms with E-state index in [2.05, 4.69) is 0 Å². The van der Waals surface area contributed by atoms with Crippen LogP contribution in [0.15, 0.2) is 54.6 Å². The largest absolute Gasteiger partial charge is 0.422 e. The number of hydrogen-bond acceptors (Lipinski definition) is 3. The Hall–Kier alpha value is -2.20. The standard InChI is InChI=1S/C15H14FNO2/c1-15(17,11-7-3-2-4-8-11)14(18)19-13-10-6-5-9-12(13)16/h2-10H,17H2,1H3. The van der Waals surface area contributed by atoms with Crippen LogP contribution < -0.4 is 10.5 Å². The fourth-order valence-electron chi connectivity index (χ4n) is 1.64. The molecule has 0 fully saturated rings. The number of benzene rings is 2. The lowest BCUT2D eigenvalue weighted by molar-refractivity contribution is -0.140. The monoisotopic (exact) mass is 259 g/mol. The molecule has 2 rings (SSSR count). The van der Waals surface area contributed by atoms with Crippen LogP contribution in [0.5, 0.6) is 5.75 Å². The maximum atomic E-state index is 13.4. The predicted molar refractivity (Wildman–Crippen MR) is 70.0 cm³/mol. The van der Waals surface area contributed by atoms with Crippen LogP contribution in [-0.2, 0) is 10.3 Å². The molecular weight excluding hydrogens is 245 g/mol. The van der Waals surface area contributed by atoms with E-state index in [9.17, 15) is 9.18 Å². The summed E-state index contributed by atoms with van der Waals surface area (Å²) < 4.78 is 18.4. The van der Waals surface area contributed by atoms with Crippen molar-refractivity contribution in [1.29, 1.82) is 0 Å². The number of esters is 1. The van der Waals surface area contributed by atoms with E-state index in [4.69, 9.17) is 10.5 Å². The number of carbonyl (C=O) groups excluding carboxylic acids is 1. The summed E-state index contributed by atoms with van der Waals surface area (Å²) in [6.45, 7) is 1.53. The van der Waals surface area contributed by atoms with E-state index in [1.165, 1.54) is 25.1 Å². The van der Waals surface area contributed by atoms with Crippen molar-refractivity contribution in [2.24, 2.45) is 5.73 Å². The molecule has 0 saturated heterocycles. The zero-order valence-electron chi connectivity index (χ0n) is 10.5. The SMILES string of the molecule is CC(N)(C(=O)Oc1ccccc1F)c1ccccc1. The van der Waals surface area contributed by atoms with Gasteiger partial charge in [0.2, 0.25) is 0 Å². The van der Waals surface area contributed by atoms with Crippen molar-refractivity contribution in [3.05, 3.63) is 66.0 Å². The first kappa shape index (κ1) is 13.2. The van der Waals surface area contributed by atoms with Crippen LogP contribution in [0.3, 0.4) is 0 Å². The third kappa shape index (κ3) is 2.80.